The van der Waals surface area contributed by atoms with Gasteiger partial charge in [0.2, 0.25) is 5.91 Å². The first-order valence-electron chi connectivity index (χ1n) is 10.9. The molecule has 0 bridgehead atoms. The number of amides is 1. The van der Waals surface area contributed by atoms with Gasteiger partial charge in [0.15, 0.2) is 0 Å². The highest BCUT2D eigenvalue weighted by atomic mass is 16.2. The summed E-state index contributed by atoms with van der Waals surface area (Å²) in [6.45, 7) is 5.44. The molecule has 4 aliphatic rings. The molecule has 1 amide bonds. The van der Waals surface area contributed by atoms with E-state index in [0.717, 1.165) is 42.9 Å². The van der Waals surface area contributed by atoms with Gasteiger partial charge in [-0.15, -0.1) is 0 Å². The van der Waals surface area contributed by atoms with Crippen molar-refractivity contribution in [1.29, 1.82) is 0 Å². The Labute approximate surface area is 153 Å². The topological polar surface area (TPSA) is 49.3 Å². The number of aliphatic hydroxyl groups excluding tert-OH is 1. The number of nitrogens with one attached hydrogen (secondary N) is 1. The van der Waals surface area contributed by atoms with E-state index in [-0.39, 0.29) is 5.91 Å². The third kappa shape index (κ3) is 2.76. The number of unbranched alkanes of at least 4 members (excludes halogenated alkanes) is 1. The molecule has 3 nitrogen and oxygen atoms in total. The van der Waals surface area contributed by atoms with Crippen LogP contribution in [0, 0.1) is 34.5 Å². The molecule has 2 N–H and O–H groups in total. The molecule has 3 heteroatoms. The average Bonchev–Trinajstić information content (AvgIpc) is 2.92. The van der Waals surface area contributed by atoms with Crippen molar-refractivity contribution in [1.82, 2.24) is 5.32 Å². The smallest absolute Gasteiger partial charge is 0.220 e. The summed E-state index contributed by atoms with van der Waals surface area (Å²) < 4.78 is 0. The van der Waals surface area contributed by atoms with Crippen LogP contribution in [0.4, 0.5) is 0 Å². The van der Waals surface area contributed by atoms with Gasteiger partial charge in [0.1, 0.15) is 0 Å². The Balaban J connectivity index is 1.51. The maximum absolute atomic E-state index is 11.9. The quantitative estimate of drug-likeness (QED) is 0.746. The largest absolute Gasteiger partial charge is 0.396 e. The average molecular weight is 348 g/mol. The fraction of sp³-hybridized carbons (Fsp3) is 0.955. The van der Waals surface area contributed by atoms with Crippen molar-refractivity contribution in [3.63, 3.8) is 0 Å². The van der Waals surface area contributed by atoms with Gasteiger partial charge in [-0.05, 0) is 92.3 Å². The van der Waals surface area contributed by atoms with Crippen molar-refractivity contribution in [2.75, 3.05) is 6.61 Å². The standard InChI is InChI=1S/C22H37NO2/c1-21-12-10-18-16(17(21)8-6-15(21)5-3-4-14-24)7-9-19-22(18,2)13-11-20(25)23-19/h15-19,24H,3-14H2,1-2H3,(H,23,25)/t15?,16-,17-,18+,19?,21+,22+/m0/s1. The monoisotopic (exact) mass is 347 g/mol. The summed E-state index contributed by atoms with van der Waals surface area (Å²) in [6.07, 6.45) is 13.5. The molecule has 7 atom stereocenters. The predicted molar refractivity (Wildman–Crippen MR) is 100.0 cm³/mol. The molecule has 0 aromatic rings. The Morgan fingerprint density at radius 2 is 1.80 bits per heavy atom. The van der Waals surface area contributed by atoms with E-state index in [1.807, 2.05) is 0 Å². The number of hydrogen-bond acceptors (Lipinski definition) is 2. The van der Waals surface area contributed by atoms with Crippen LogP contribution in [0.25, 0.3) is 0 Å². The van der Waals surface area contributed by atoms with Gasteiger partial charge in [-0.3, -0.25) is 4.79 Å². The minimum Gasteiger partial charge on any atom is -0.396 e. The molecule has 4 rings (SSSR count). The number of carbonyl (C=O) groups is 1. The normalized spacial score (nSPS) is 49.1. The molecule has 1 heterocycles. The van der Waals surface area contributed by atoms with Gasteiger partial charge >= 0.3 is 0 Å². The van der Waals surface area contributed by atoms with Gasteiger partial charge in [0, 0.05) is 19.1 Å². The van der Waals surface area contributed by atoms with E-state index in [2.05, 4.69) is 19.2 Å². The lowest BCUT2D eigenvalue weighted by Crippen LogP contribution is -2.61. The highest BCUT2D eigenvalue weighted by Crippen LogP contribution is 2.66. The Bertz CT molecular complexity index is 520. The van der Waals surface area contributed by atoms with Crippen molar-refractivity contribution in [3.8, 4) is 0 Å². The Morgan fingerprint density at radius 1 is 1.00 bits per heavy atom. The number of hydrogen-bond donors (Lipinski definition) is 2. The second-order valence-electron chi connectivity index (χ2n) is 10.1. The van der Waals surface area contributed by atoms with E-state index in [0.29, 0.717) is 23.5 Å². The maximum Gasteiger partial charge on any atom is 0.220 e. The molecule has 3 aliphatic carbocycles. The van der Waals surface area contributed by atoms with Gasteiger partial charge in [-0.2, -0.15) is 0 Å². The zero-order chi connectivity index (χ0) is 17.7. The molecule has 25 heavy (non-hydrogen) atoms. The fourth-order valence-electron chi connectivity index (χ4n) is 7.79. The van der Waals surface area contributed by atoms with Crippen molar-refractivity contribution in [3.05, 3.63) is 0 Å². The van der Waals surface area contributed by atoms with Gasteiger partial charge in [0.25, 0.3) is 0 Å². The Morgan fingerprint density at radius 3 is 2.60 bits per heavy atom. The van der Waals surface area contributed by atoms with Crippen molar-refractivity contribution in [2.24, 2.45) is 34.5 Å². The summed E-state index contributed by atoms with van der Waals surface area (Å²) in [4.78, 5) is 11.9. The lowest BCUT2D eigenvalue weighted by atomic mass is 9.47. The lowest BCUT2D eigenvalue weighted by molar-refractivity contribution is -0.136. The lowest BCUT2D eigenvalue weighted by Gasteiger charge is -2.60. The van der Waals surface area contributed by atoms with Gasteiger partial charge < -0.3 is 10.4 Å². The molecule has 2 unspecified atom stereocenters. The fourth-order valence-corrected chi connectivity index (χ4v) is 7.79. The summed E-state index contributed by atoms with van der Waals surface area (Å²) in [6, 6.07) is 0.432. The third-order valence-corrected chi connectivity index (χ3v) is 9.25. The Kier molecular flexibility index (Phi) is 4.67. The van der Waals surface area contributed by atoms with Crippen LogP contribution in [0.2, 0.25) is 0 Å². The maximum atomic E-state index is 11.9. The van der Waals surface area contributed by atoms with E-state index in [1.165, 1.54) is 51.4 Å². The molecule has 0 aromatic carbocycles. The summed E-state index contributed by atoms with van der Waals surface area (Å²) in [7, 11) is 0. The van der Waals surface area contributed by atoms with Crippen LogP contribution in [-0.2, 0) is 4.79 Å². The minimum atomic E-state index is 0.284. The number of rotatable bonds is 4. The molecule has 0 spiro atoms. The second kappa shape index (κ2) is 6.55. The molecular weight excluding hydrogens is 310 g/mol. The van der Waals surface area contributed by atoms with Crippen LogP contribution in [0.1, 0.15) is 84.5 Å². The number of fused-ring (bicyclic) bond motifs is 5. The molecular formula is C22H37NO2. The SMILES string of the molecule is C[C@]12CCC(=O)NC1CC[C@@H]1[C@H]2CC[C@]2(C)C(CCCCO)CC[C@@H]12. The third-order valence-electron chi connectivity index (χ3n) is 9.25. The molecule has 0 radical (unpaired) electrons. The zero-order valence-electron chi connectivity index (χ0n) is 16.2. The van der Waals surface area contributed by atoms with Crippen molar-refractivity contribution >= 4 is 5.91 Å². The number of piperidine rings is 1. The van der Waals surface area contributed by atoms with Gasteiger partial charge in [0.05, 0.1) is 0 Å². The van der Waals surface area contributed by atoms with E-state index < -0.39 is 0 Å². The van der Waals surface area contributed by atoms with E-state index >= 15 is 0 Å². The molecule has 3 saturated carbocycles. The molecule has 1 aliphatic heterocycles. The van der Waals surface area contributed by atoms with Crippen LogP contribution in [0.15, 0.2) is 0 Å². The molecule has 1 saturated heterocycles. The molecule has 4 fully saturated rings. The first-order chi connectivity index (χ1) is 12.0. The highest BCUT2D eigenvalue weighted by Gasteiger charge is 2.59. The summed E-state index contributed by atoms with van der Waals surface area (Å²) >= 11 is 0. The van der Waals surface area contributed by atoms with Crippen molar-refractivity contribution in [2.45, 2.75) is 90.5 Å². The van der Waals surface area contributed by atoms with Gasteiger partial charge in [-0.25, -0.2) is 0 Å². The van der Waals surface area contributed by atoms with Crippen LogP contribution < -0.4 is 5.32 Å². The van der Waals surface area contributed by atoms with Crippen LogP contribution in [0.3, 0.4) is 0 Å². The predicted octanol–water partition coefficient (Wildman–Crippen LogP) is 4.29. The highest BCUT2D eigenvalue weighted by molar-refractivity contribution is 5.77. The summed E-state index contributed by atoms with van der Waals surface area (Å²) in [5, 5.41) is 12.5. The molecule has 0 aromatic heterocycles. The molecule has 142 valence electrons. The second-order valence-corrected chi connectivity index (χ2v) is 10.1. The number of aliphatic hydroxyl groups is 1. The van der Waals surface area contributed by atoms with Crippen molar-refractivity contribution < 1.29 is 9.90 Å². The van der Waals surface area contributed by atoms with Crippen LogP contribution in [-0.4, -0.2) is 23.7 Å². The summed E-state index contributed by atoms with van der Waals surface area (Å²) in [5.41, 5.74) is 0.880. The first kappa shape index (κ1) is 17.8. The number of carbonyl (C=O) groups excluding carboxylic acids is 1. The van der Waals surface area contributed by atoms with E-state index in [4.69, 9.17) is 5.11 Å². The zero-order valence-corrected chi connectivity index (χ0v) is 16.2. The van der Waals surface area contributed by atoms with Gasteiger partial charge in [-0.1, -0.05) is 20.3 Å². The summed E-state index contributed by atoms with van der Waals surface area (Å²) in [5.74, 6) is 3.77. The Hall–Kier alpha value is -0.570. The minimum absolute atomic E-state index is 0.284. The first-order valence-corrected chi connectivity index (χ1v) is 10.9. The van der Waals surface area contributed by atoms with E-state index in [1.54, 1.807) is 0 Å². The van der Waals surface area contributed by atoms with E-state index in [9.17, 15) is 4.79 Å². The van der Waals surface area contributed by atoms with Crippen LogP contribution >= 0.6 is 0 Å². The van der Waals surface area contributed by atoms with Crippen LogP contribution in [0.5, 0.6) is 0 Å².